The van der Waals surface area contributed by atoms with E-state index in [-0.39, 0.29) is 18.6 Å². The van der Waals surface area contributed by atoms with E-state index in [2.05, 4.69) is 5.32 Å². The maximum Gasteiger partial charge on any atom is 0.224 e. The van der Waals surface area contributed by atoms with Crippen molar-refractivity contribution in [2.75, 3.05) is 6.61 Å². The molecule has 0 spiro atoms. The molecule has 3 nitrogen and oxygen atoms in total. The van der Waals surface area contributed by atoms with Crippen LogP contribution in [0.5, 0.6) is 0 Å². The number of benzene rings is 2. The molecule has 3 heteroatoms. The molecular weight excluding hydrogens is 238 g/mol. The number of amides is 1. The first-order chi connectivity index (χ1) is 9.24. The second kappa shape index (κ2) is 6.34. The van der Waals surface area contributed by atoms with Crippen LogP contribution in [0.15, 0.2) is 42.5 Å². The van der Waals surface area contributed by atoms with E-state index < -0.39 is 0 Å². The van der Waals surface area contributed by atoms with Crippen LogP contribution in [0.4, 0.5) is 0 Å². The van der Waals surface area contributed by atoms with E-state index in [1.807, 2.05) is 49.4 Å². The summed E-state index contributed by atoms with van der Waals surface area (Å²) in [7, 11) is 0. The molecule has 1 amide bonds. The van der Waals surface area contributed by atoms with Gasteiger partial charge in [0.15, 0.2) is 0 Å². The van der Waals surface area contributed by atoms with E-state index in [1.54, 1.807) is 0 Å². The molecule has 0 aromatic heterocycles. The molecule has 2 aromatic rings. The normalized spacial score (nSPS) is 12.3. The van der Waals surface area contributed by atoms with Crippen molar-refractivity contribution >= 4 is 16.7 Å². The predicted molar refractivity (Wildman–Crippen MR) is 77.0 cm³/mol. The standard InChI is InChI=1S/C16H19NO2/c1-2-14(11-18)17-16(19)10-13-8-5-7-12-6-3-4-9-15(12)13/h3-9,14,18H,2,10-11H2,1H3,(H,17,19). The Morgan fingerprint density at radius 2 is 1.95 bits per heavy atom. The van der Waals surface area contributed by atoms with Gasteiger partial charge in [-0.25, -0.2) is 0 Å². The van der Waals surface area contributed by atoms with Gasteiger partial charge in [-0.05, 0) is 22.8 Å². The van der Waals surface area contributed by atoms with Crippen molar-refractivity contribution in [3.05, 3.63) is 48.0 Å². The van der Waals surface area contributed by atoms with Gasteiger partial charge in [0.25, 0.3) is 0 Å². The van der Waals surface area contributed by atoms with Gasteiger partial charge < -0.3 is 10.4 Å². The zero-order valence-corrected chi connectivity index (χ0v) is 11.1. The summed E-state index contributed by atoms with van der Waals surface area (Å²) < 4.78 is 0. The first-order valence-electron chi connectivity index (χ1n) is 6.61. The highest BCUT2D eigenvalue weighted by atomic mass is 16.3. The highest BCUT2D eigenvalue weighted by Gasteiger charge is 2.11. The molecule has 0 heterocycles. The zero-order valence-electron chi connectivity index (χ0n) is 11.1. The van der Waals surface area contributed by atoms with Crippen molar-refractivity contribution in [2.24, 2.45) is 0 Å². The zero-order chi connectivity index (χ0) is 13.7. The maximum atomic E-state index is 12.0. The molecule has 0 aliphatic rings. The molecule has 1 unspecified atom stereocenters. The number of rotatable bonds is 5. The Labute approximate surface area is 113 Å². The third-order valence-electron chi connectivity index (χ3n) is 3.31. The Kier molecular flexibility index (Phi) is 4.53. The van der Waals surface area contributed by atoms with E-state index in [0.29, 0.717) is 6.42 Å². The Bertz CT molecular complexity index is 556. The van der Waals surface area contributed by atoms with Crippen molar-refractivity contribution < 1.29 is 9.90 Å². The highest BCUT2D eigenvalue weighted by Crippen LogP contribution is 2.18. The molecule has 0 aliphatic carbocycles. The monoisotopic (exact) mass is 257 g/mol. The van der Waals surface area contributed by atoms with Crippen LogP contribution in [-0.4, -0.2) is 23.7 Å². The number of carbonyl (C=O) groups excluding carboxylic acids is 1. The van der Waals surface area contributed by atoms with Crippen LogP contribution in [-0.2, 0) is 11.2 Å². The van der Waals surface area contributed by atoms with Crippen LogP contribution >= 0.6 is 0 Å². The topological polar surface area (TPSA) is 49.3 Å². The number of hydrogen-bond donors (Lipinski definition) is 2. The largest absolute Gasteiger partial charge is 0.394 e. The van der Waals surface area contributed by atoms with Crippen molar-refractivity contribution in [3.8, 4) is 0 Å². The number of aliphatic hydroxyl groups is 1. The van der Waals surface area contributed by atoms with E-state index in [0.717, 1.165) is 22.8 Å². The summed E-state index contributed by atoms with van der Waals surface area (Å²) in [6.07, 6.45) is 1.08. The van der Waals surface area contributed by atoms with Crippen LogP contribution in [0, 0.1) is 0 Å². The SMILES string of the molecule is CCC(CO)NC(=O)Cc1cccc2ccccc12. The average molecular weight is 257 g/mol. The minimum absolute atomic E-state index is 0.0161. The quantitative estimate of drug-likeness (QED) is 0.863. The molecule has 19 heavy (non-hydrogen) atoms. The lowest BCUT2D eigenvalue weighted by atomic mass is 10.0. The van der Waals surface area contributed by atoms with Crippen LogP contribution in [0.1, 0.15) is 18.9 Å². The summed E-state index contributed by atoms with van der Waals surface area (Å²) in [6.45, 7) is 1.93. The minimum atomic E-state index is -0.150. The van der Waals surface area contributed by atoms with Gasteiger partial charge in [-0.2, -0.15) is 0 Å². The summed E-state index contributed by atoms with van der Waals surface area (Å²) in [6, 6.07) is 13.9. The number of carbonyl (C=O) groups is 1. The fourth-order valence-corrected chi connectivity index (χ4v) is 2.18. The van der Waals surface area contributed by atoms with Gasteiger partial charge in [-0.3, -0.25) is 4.79 Å². The third-order valence-corrected chi connectivity index (χ3v) is 3.31. The summed E-state index contributed by atoms with van der Waals surface area (Å²) >= 11 is 0. The lowest BCUT2D eigenvalue weighted by Crippen LogP contribution is -2.37. The maximum absolute atomic E-state index is 12.0. The number of aliphatic hydroxyl groups excluding tert-OH is 1. The molecule has 0 radical (unpaired) electrons. The minimum Gasteiger partial charge on any atom is -0.394 e. The lowest BCUT2D eigenvalue weighted by Gasteiger charge is -2.14. The van der Waals surface area contributed by atoms with Gasteiger partial charge in [-0.1, -0.05) is 49.4 Å². The Morgan fingerprint density at radius 1 is 1.21 bits per heavy atom. The summed E-state index contributed by atoms with van der Waals surface area (Å²) in [5.74, 6) is -0.0442. The summed E-state index contributed by atoms with van der Waals surface area (Å²) in [5.41, 5.74) is 1.02. The van der Waals surface area contributed by atoms with Crippen molar-refractivity contribution in [1.29, 1.82) is 0 Å². The van der Waals surface area contributed by atoms with E-state index in [4.69, 9.17) is 5.11 Å². The van der Waals surface area contributed by atoms with Gasteiger partial charge in [0.05, 0.1) is 19.1 Å². The summed E-state index contributed by atoms with van der Waals surface area (Å²) in [4.78, 5) is 12.0. The average Bonchev–Trinajstić information content (AvgIpc) is 2.45. The van der Waals surface area contributed by atoms with Gasteiger partial charge in [0.1, 0.15) is 0 Å². The lowest BCUT2D eigenvalue weighted by molar-refractivity contribution is -0.121. The molecule has 100 valence electrons. The van der Waals surface area contributed by atoms with Gasteiger partial charge >= 0.3 is 0 Å². The first kappa shape index (κ1) is 13.6. The molecular formula is C16H19NO2. The molecule has 0 saturated heterocycles. The predicted octanol–water partition coefficient (Wildman–Crippen LogP) is 2.27. The van der Waals surface area contributed by atoms with Crippen molar-refractivity contribution in [2.45, 2.75) is 25.8 Å². The Morgan fingerprint density at radius 3 is 2.68 bits per heavy atom. The van der Waals surface area contributed by atoms with Crippen LogP contribution in [0.3, 0.4) is 0 Å². The molecule has 0 fully saturated rings. The summed E-state index contributed by atoms with van der Waals surface area (Å²) in [5, 5.41) is 14.2. The van der Waals surface area contributed by atoms with Gasteiger partial charge in [-0.15, -0.1) is 0 Å². The molecule has 0 aliphatic heterocycles. The fourth-order valence-electron chi connectivity index (χ4n) is 2.18. The number of nitrogens with one attached hydrogen (secondary N) is 1. The van der Waals surface area contributed by atoms with Crippen LogP contribution < -0.4 is 5.32 Å². The van der Waals surface area contributed by atoms with Crippen LogP contribution in [0.25, 0.3) is 10.8 Å². The second-order valence-electron chi connectivity index (χ2n) is 4.67. The third kappa shape index (κ3) is 3.32. The smallest absolute Gasteiger partial charge is 0.224 e. The van der Waals surface area contributed by atoms with Crippen molar-refractivity contribution in [3.63, 3.8) is 0 Å². The molecule has 2 rings (SSSR count). The van der Waals surface area contributed by atoms with Gasteiger partial charge in [0, 0.05) is 0 Å². The molecule has 0 bridgehead atoms. The fraction of sp³-hybridized carbons (Fsp3) is 0.312. The van der Waals surface area contributed by atoms with Crippen LogP contribution in [0.2, 0.25) is 0 Å². The number of fused-ring (bicyclic) bond motifs is 1. The second-order valence-corrected chi connectivity index (χ2v) is 4.67. The Hall–Kier alpha value is -1.87. The molecule has 2 aromatic carbocycles. The van der Waals surface area contributed by atoms with E-state index in [9.17, 15) is 4.79 Å². The van der Waals surface area contributed by atoms with Crippen molar-refractivity contribution in [1.82, 2.24) is 5.32 Å². The van der Waals surface area contributed by atoms with E-state index in [1.165, 1.54) is 0 Å². The van der Waals surface area contributed by atoms with E-state index >= 15 is 0 Å². The molecule has 2 N–H and O–H groups in total. The first-order valence-corrected chi connectivity index (χ1v) is 6.61. The Balaban J connectivity index is 2.15. The molecule has 0 saturated carbocycles. The number of hydrogen-bond acceptors (Lipinski definition) is 2. The molecule has 1 atom stereocenters. The highest BCUT2D eigenvalue weighted by molar-refractivity contribution is 5.90. The van der Waals surface area contributed by atoms with Gasteiger partial charge in [0.2, 0.25) is 5.91 Å².